The van der Waals surface area contributed by atoms with Crippen molar-refractivity contribution in [3.05, 3.63) is 35.9 Å². The second-order valence-electron chi connectivity index (χ2n) is 29.2. The van der Waals surface area contributed by atoms with Crippen LogP contribution in [-0.4, -0.2) is 308 Å². The van der Waals surface area contributed by atoms with Crippen molar-refractivity contribution in [2.45, 2.75) is 265 Å². The fourth-order valence-electron chi connectivity index (χ4n) is 13.1. The van der Waals surface area contributed by atoms with E-state index in [9.17, 15) is 91.1 Å². The molecule has 0 aliphatic carbocycles. The van der Waals surface area contributed by atoms with E-state index in [4.69, 9.17) is 75.8 Å². The summed E-state index contributed by atoms with van der Waals surface area (Å²) in [7, 11) is 0. The molecule has 0 saturated carbocycles. The predicted molar refractivity (Wildman–Crippen MR) is 425 cm³/mol. The number of amides is 9. The van der Waals surface area contributed by atoms with Gasteiger partial charge in [0.2, 0.25) is 47.3 Å². The molecule has 0 spiro atoms. The molecule has 45 nitrogen and oxygen atoms in total. The lowest BCUT2D eigenvalue weighted by molar-refractivity contribution is -0.277. The molecule has 3 heterocycles. The highest BCUT2D eigenvalue weighted by Crippen LogP contribution is 2.32. The lowest BCUT2D eigenvalue weighted by Gasteiger charge is -2.44. The number of hydrogen-bond donors (Lipinski definition) is 9. The third kappa shape index (κ3) is 42.9. The Kier molecular flexibility index (Phi) is 48.8. The van der Waals surface area contributed by atoms with Gasteiger partial charge in [0.25, 0.3) is 0 Å². The molecular weight excluding hydrogens is 1660 g/mol. The van der Waals surface area contributed by atoms with Gasteiger partial charge in [-0.3, -0.25) is 91.2 Å². The number of carbonyl (C=O) groups excluding carboxylic acids is 19. The minimum atomic E-state index is -1.38. The van der Waals surface area contributed by atoms with Gasteiger partial charge in [0, 0.05) is 142 Å². The van der Waals surface area contributed by atoms with Crippen molar-refractivity contribution in [1.29, 1.82) is 0 Å². The van der Waals surface area contributed by atoms with Gasteiger partial charge in [-0.2, -0.15) is 0 Å². The zero-order valence-corrected chi connectivity index (χ0v) is 72.5. The van der Waals surface area contributed by atoms with Crippen LogP contribution in [-0.2, 0) is 169 Å². The monoisotopic (exact) mass is 1780 g/mol. The molecule has 16 atom stereocenters. The van der Waals surface area contributed by atoms with Crippen LogP contribution in [0.1, 0.15) is 166 Å². The largest absolute Gasteiger partial charge is 0.463 e. The van der Waals surface area contributed by atoms with E-state index in [1.165, 1.54) is 25.7 Å². The maximum absolute atomic E-state index is 14.6. The van der Waals surface area contributed by atoms with Crippen molar-refractivity contribution < 1.29 is 167 Å². The molecular formula is C80H120N10O35. The van der Waals surface area contributed by atoms with Crippen LogP contribution in [0.25, 0.3) is 0 Å². The van der Waals surface area contributed by atoms with Crippen LogP contribution in [0.4, 0.5) is 4.79 Å². The summed E-state index contributed by atoms with van der Waals surface area (Å²) in [5.74, 6) is -13.0. The maximum Gasteiger partial charge on any atom is 0.407 e. The van der Waals surface area contributed by atoms with Crippen LogP contribution < -0.4 is 47.9 Å². The summed E-state index contributed by atoms with van der Waals surface area (Å²) in [5, 5.41) is 23.6. The molecule has 0 bridgehead atoms. The highest BCUT2D eigenvalue weighted by atomic mass is 16.7. The van der Waals surface area contributed by atoms with Crippen LogP contribution in [0.3, 0.4) is 0 Å². The third-order valence-electron chi connectivity index (χ3n) is 18.3. The van der Waals surface area contributed by atoms with Gasteiger partial charge >= 0.3 is 59.8 Å². The first-order valence-corrected chi connectivity index (χ1v) is 40.9. The molecule has 0 aromatic heterocycles. The first-order chi connectivity index (χ1) is 59.3. The van der Waals surface area contributed by atoms with E-state index >= 15 is 0 Å². The fourth-order valence-corrected chi connectivity index (χ4v) is 13.1. The molecule has 3 aliphatic heterocycles. The average molecular weight is 1780 g/mol. The minimum absolute atomic E-state index is 0.0118. The van der Waals surface area contributed by atoms with Gasteiger partial charge in [0.1, 0.15) is 68.6 Å². The van der Waals surface area contributed by atoms with Crippen molar-refractivity contribution >= 4 is 113 Å². The highest BCUT2D eigenvalue weighted by Gasteiger charge is 2.54. The first kappa shape index (κ1) is 106. The minimum Gasteiger partial charge on any atom is -0.463 e. The van der Waals surface area contributed by atoms with Gasteiger partial charge < -0.3 is 124 Å². The van der Waals surface area contributed by atoms with Crippen molar-refractivity contribution in [3.63, 3.8) is 0 Å². The van der Waals surface area contributed by atoms with E-state index in [1.54, 1.807) is 30.3 Å². The fraction of sp³-hybridized carbons (Fsp3) is 0.688. The smallest absolute Gasteiger partial charge is 0.407 e. The number of carbonyl (C=O) groups is 19. The number of hydrogen-bond acceptors (Lipinski definition) is 36. The molecule has 0 radical (unpaired) electrons. The Morgan fingerprint density at radius 2 is 0.704 bits per heavy atom. The number of benzene rings is 1. The molecule has 45 heteroatoms. The Labute approximate surface area is 722 Å². The molecule has 1 aromatic carbocycles. The number of alkyl carbamates (subject to hydrolysis) is 1. The average Bonchev–Trinajstić information content (AvgIpc) is 0.796. The summed E-state index contributed by atoms with van der Waals surface area (Å²) in [6, 6.07) is 3.79. The van der Waals surface area contributed by atoms with Crippen LogP contribution in [0.15, 0.2) is 30.3 Å². The summed E-state index contributed by atoms with van der Waals surface area (Å²) < 4.78 is 89.8. The Balaban J connectivity index is 1.50. The van der Waals surface area contributed by atoms with Crippen molar-refractivity contribution in [2.24, 2.45) is 0 Å². The van der Waals surface area contributed by atoms with Crippen molar-refractivity contribution in [3.8, 4) is 0 Å². The Hall–Kier alpha value is -11.1. The zero-order valence-electron chi connectivity index (χ0n) is 72.5. The van der Waals surface area contributed by atoms with E-state index in [1.807, 2.05) is 0 Å². The number of ether oxygens (including phenoxy) is 16. The van der Waals surface area contributed by atoms with E-state index in [2.05, 4.69) is 47.9 Å². The molecule has 9 amide bonds. The van der Waals surface area contributed by atoms with E-state index in [-0.39, 0.29) is 104 Å². The summed E-state index contributed by atoms with van der Waals surface area (Å²) >= 11 is 0. The molecule has 7 unspecified atom stereocenters. The van der Waals surface area contributed by atoms with Crippen molar-refractivity contribution in [1.82, 2.24) is 52.8 Å². The van der Waals surface area contributed by atoms with E-state index in [0.717, 1.165) is 67.9 Å². The molecule has 700 valence electrons. The van der Waals surface area contributed by atoms with Gasteiger partial charge in [-0.25, -0.2) is 4.79 Å². The van der Waals surface area contributed by atoms with Gasteiger partial charge in [-0.15, -0.1) is 0 Å². The quantitative estimate of drug-likeness (QED) is 0.0202. The first-order valence-electron chi connectivity index (χ1n) is 40.9. The molecule has 4 rings (SSSR count). The maximum atomic E-state index is 14.6. The van der Waals surface area contributed by atoms with E-state index < -0.39 is 263 Å². The second-order valence-corrected chi connectivity index (χ2v) is 29.2. The molecule has 3 aliphatic rings. The second kappa shape index (κ2) is 57.4. The standard InChI is InChI=1S/C80H120N10O35/c1-45(91)87-67-73(120-54(10)100)70(117-51(7)97)60(42-113-48(4)94)123-77(67)110-34-22-14-18-30-82-65(106)38-86-76(108)59(27-17-19-33-84-80(109)116-41-57-25-15-13-16-26-57)90(39-58(103)28-29-63(104)81-31-20-23-35-111-78-68(88-46(2)92)74(121-55(11)101)71(118-52(8)98)61(124-78)43-114-49(5)95)40-66(107)85-37-64(105)83-32-21-24-36-112-79-69(89-47(3)93)75(122-56(12)102)72(119-53(9)99)62(125-79)44-115-50(6)96/h13,15-16,25-26,59-62,67-75,77-79H,14,17-24,27-44H2,1-12H3,(H,81,104)(H,82,106)(H,83,105)(H,84,109)(H,85,107)(H,86,108)(H,87,91)(H,88,92)(H,89,93)/t59?,60?,61?,62?,67?,68?,69?,70-,71-,72-,73+,74+,75+,77+,78+,79+/m0/s1. The van der Waals surface area contributed by atoms with E-state index in [0.29, 0.717) is 19.3 Å². The summed E-state index contributed by atoms with van der Waals surface area (Å²) in [4.78, 5) is 243. The molecule has 125 heavy (non-hydrogen) atoms. The lowest BCUT2D eigenvalue weighted by atomic mass is 9.96. The number of nitrogens with zero attached hydrogens (tertiary/aromatic N) is 1. The summed E-state index contributed by atoms with van der Waals surface area (Å²) in [6.45, 7) is 9.43. The number of rotatable bonds is 54. The number of unbranched alkanes of at least 4 members (excludes halogenated alkanes) is 5. The normalized spacial score (nSPS) is 22.1. The SMILES string of the molecule is CC(=O)NC1[C@H](OCCCCCNC(=O)CNC(=O)C(CCCCNC(=O)OCc2ccccc2)N(CC(=O)CCC(=O)NCCCCO[C@@H]2OC(COC(C)=O)[C@H](OC(C)=O)[C@H](OC(C)=O)C2NC(C)=O)CC(=O)NCC(=O)NCCCCO[C@@H]2OC(COC(C)=O)[C@H](OC(C)=O)[C@H](OC(C)=O)C2NC(C)=O)OC(COC(C)=O)[C@H](OC(C)=O)[C@@H]1OC(C)=O. The molecule has 9 N–H and O–H groups in total. The van der Waals surface area contributed by atoms with Crippen LogP contribution in [0.5, 0.6) is 0 Å². The number of esters is 9. The lowest BCUT2D eigenvalue weighted by Crippen LogP contribution is -2.66. The van der Waals surface area contributed by atoms with Crippen LogP contribution in [0.2, 0.25) is 0 Å². The molecule has 3 fully saturated rings. The summed E-state index contributed by atoms with van der Waals surface area (Å²) in [6.07, 6.45) is -15.1. The van der Waals surface area contributed by atoms with Gasteiger partial charge in [0.15, 0.2) is 55.5 Å². The number of nitrogens with one attached hydrogen (secondary N) is 9. The molecule has 3 saturated heterocycles. The highest BCUT2D eigenvalue weighted by molar-refractivity contribution is 5.91. The molecule has 1 aromatic rings. The van der Waals surface area contributed by atoms with Gasteiger partial charge in [0.05, 0.1) is 32.2 Å². The summed E-state index contributed by atoms with van der Waals surface area (Å²) in [5.41, 5.74) is 0.722. The topological polar surface area (TPSA) is 584 Å². The Morgan fingerprint density at radius 3 is 1.09 bits per heavy atom. The number of Topliss-reactive ketones (excluding diaryl/α,β-unsaturated/α-hetero) is 1. The van der Waals surface area contributed by atoms with Gasteiger partial charge in [-0.1, -0.05) is 30.3 Å². The predicted octanol–water partition coefficient (Wildman–Crippen LogP) is -1.57. The number of ketones is 1. The van der Waals surface area contributed by atoms with Crippen LogP contribution >= 0.6 is 0 Å². The van der Waals surface area contributed by atoms with Crippen molar-refractivity contribution in [2.75, 3.05) is 92.0 Å². The Morgan fingerprint density at radius 1 is 0.352 bits per heavy atom. The Bertz CT molecular complexity index is 3630. The van der Waals surface area contributed by atoms with Gasteiger partial charge in [-0.05, 0) is 69.8 Å². The van der Waals surface area contributed by atoms with Crippen LogP contribution in [0, 0.1) is 0 Å². The zero-order chi connectivity index (χ0) is 92.7. The third-order valence-corrected chi connectivity index (χ3v) is 18.3.